The van der Waals surface area contributed by atoms with E-state index < -0.39 is 12.0 Å². The number of aliphatic hydroxyl groups excluding tert-OH is 1. The Morgan fingerprint density at radius 3 is 2.56 bits per heavy atom. The molecule has 8 heteroatoms. The molecule has 5 rings (SSSR count). The van der Waals surface area contributed by atoms with E-state index in [0.29, 0.717) is 17.7 Å². The maximum Gasteiger partial charge on any atom is 0.254 e. The summed E-state index contributed by atoms with van der Waals surface area (Å²) in [5.74, 6) is -0.604. The molecule has 1 fully saturated rings. The number of benzene rings is 2. The van der Waals surface area contributed by atoms with E-state index >= 15 is 0 Å². The van der Waals surface area contributed by atoms with Gasteiger partial charge in [-0.2, -0.15) is 0 Å². The van der Waals surface area contributed by atoms with Crippen LogP contribution >= 0.6 is 0 Å². The molecule has 2 atom stereocenters. The molecule has 2 aromatic carbocycles. The number of aromatic nitrogens is 3. The number of β-amino-alcohol motifs (C(OH)–C–C–N with tert-alkyl or cyclic N) is 1. The Bertz CT molecular complexity index is 1350. The zero-order valence-corrected chi connectivity index (χ0v) is 18.0. The summed E-state index contributed by atoms with van der Waals surface area (Å²) in [6, 6.07) is 12.7. The van der Waals surface area contributed by atoms with Gasteiger partial charge in [-0.25, -0.2) is 4.98 Å². The van der Waals surface area contributed by atoms with Crippen LogP contribution in [0.5, 0.6) is 0 Å². The predicted octanol–water partition coefficient (Wildman–Crippen LogP) is 2.73. The van der Waals surface area contributed by atoms with Crippen LogP contribution in [0, 0.1) is 0 Å². The third-order valence-electron chi connectivity index (χ3n) is 6.29. The average molecular weight is 431 g/mol. The van der Waals surface area contributed by atoms with E-state index in [1.165, 1.54) is 0 Å². The Morgan fingerprint density at radius 2 is 1.81 bits per heavy atom. The number of carbonyl (C=O) groups excluding carboxylic acids is 2. The molecule has 0 unspecified atom stereocenters. The highest BCUT2D eigenvalue weighted by atomic mass is 16.3. The van der Waals surface area contributed by atoms with E-state index in [2.05, 4.69) is 23.4 Å². The second-order valence-electron chi connectivity index (χ2n) is 8.65. The van der Waals surface area contributed by atoms with Crippen LogP contribution in [0.25, 0.3) is 21.9 Å². The molecule has 0 saturated carbocycles. The van der Waals surface area contributed by atoms with Gasteiger partial charge >= 0.3 is 0 Å². The number of nitrogens with two attached hydrogens (primary N) is 1. The van der Waals surface area contributed by atoms with Crippen molar-refractivity contribution in [1.29, 1.82) is 0 Å². The van der Waals surface area contributed by atoms with Crippen LogP contribution in [0.1, 0.15) is 46.6 Å². The summed E-state index contributed by atoms with van der Waals surface area (Å²) < 4.78 is 4.03. The standard InChI is InChI=1S/C24H25N5O3/c1-14(2)29-13-26-18-10-17(4-6-20(18)29)24(32)27-11-21(22(30)12-27)28-8-7-15-9-16(23(25)31)3-5-19(15)28/h3-10,13-14,21-22,30H,11-12H2,1-2H3,(H2,25,31)/t21-,22-/m1/s1. The van der Waals surface area contributed by atoms with E-state index in [0.717, 1.165) is 21.9 Å². The Balaban J connectivity index is 1.40. The monoisotopic (exact) mass is 431 g/mol. The maximum atomic E-state index is 13.2. The minimum atomic E-state index is -0.700. The lowest BCUT2D eigenvalue weighted by molar-refractivity contribution is 0.0764. The first-order valence-corrected chi connectivity index (χ1v) is 10.7. The van der Waals surface area contributed by atoms with Crippen LogP contribution < -0.4 is 5.73 Å². The Labute approximate surface area is 184 Å². The molecule has 3 N–H and O–H groups in total. The fraction of sp³-hybridized carbons (Fsp3) is 0.292. The van der Waals surface area contributed by atoms with Gasteiger partial charge in [0.05, 0.1) is 29.5 Å². The minimum absolute atomic E-state index is 0.125. The Kier molecular flexibility index (Phi) is 4.74. The first kappa shape index (κ1) is 20.3. The van der Waals surface area contributed by atoms with Crippen LogP contribution in [-0.4, -0.2) is 55.1 Å². The van der Waals surface area contributed by atoms with E-state index in [-0.39, 0.29) is 24.5 Å². The molecule has 0 bridgehead atoms. The molecule has 4 aromatic rings. The molecule has 0 spiro atoms. The zero-order valence-electron chi connectivity index (χ0n) is 18.0. The van der Waals surface area contributed by atoms with Crippen molar-refractivity contribution in [1.82, 2.24) is 19.0 Å². The number of hydrogen-bond donors (Lipinski definition) is 2. The van der Waals surface area contributed by atoms with E-state index in [9.17, 15) is 14.7 Å². The number of hydrogen-bond acceptors (Lipinski definition) is 4. The van der Waals surface area contributed by atoms with Crippen LogP contribution in [0.2, 0.25) is 0 Å². The molecule has 2 amide bonds. The van der Waals surface area contributed by atoms with Crippen molar-refractivity contribution in [2.24, 2.45) is 5.73 Å². The van der Waals surface area contributed by atoms with Gasteiger partial charge in [-0.15, -0.1) is 0 Å². The molecule has 0 radical (unpaired) electrons. The van der Waals surface area contributed by atoms with Crippen molar-refractivity contribution in [2.75, 3.05) is 13.1 Å². The van der Waals surface area contributed by atoms with Gasteiger partial charge in [0.15, 0.2) is 0 Å². The van der Waals surface area contributed by atoms with Crippen molar-refractivity contribution in [3.05, 3.63) is 66.1 Å². The van der Waals surface area contributed by atoms with Gasteiger partial charge in [0.25, 0.3) is 5.91 Å². The highest BCUT2D eigenvalue weighted by molar-refractivity contribution is 5.98. The van der Waals surface area contributed by atoms with Gasteiger partial charge in [0.1, 0.15) is 0 Å². The minimum Gasteiger partial charge on any atom is -0.389 e. The first-order valence-electron chi connectivity index (χ1n) is 10.7. The van der Waals surface area contributed by atoms with Gasteiger partial charge in [0.2, 0.25) is 5.91 Å². The SMILES string of the molecule is CC(C)n1cnc2cc(C(=O)N3C[C@@H](O)[C@H](n4ccc5cc(C(N)=O)ccc54)C3)ccc21. The van der Waals surface area contributed by atoms with Crippen molar-refractivity contribution < 1.29 is 14.7 Å². The molecule has 8 nitrogen and oxygen atoms in total. The third kappa shape index (κ3) is 3.23. The summed E-state index contributed by atoms with van der Waals surface area (Å²) in [6.07, 6.45) is 2.97. The van der Waals surface area contributed by atoms with Gasteiger partial charge < -0.3 is 24.9 Å². The number of rotatable bonds is 4. The highest BCUT2D eigenvalue weighted by Gasteiger charge is 2.36. The van der Waals surface area contributed by atoms with Crippen LogP contribution in [0.4, 0.5) is 0 Å². The molecule has 1 aliphatic heterocycles. The van der Waals surface area contributed by atoms with Crippen molar-refractivity contribution in [3.8, 4) is 0 Å². The largest absolute Gasteiger partial charge is 0.389 e. The number of carbonyl (C=O) groups is 2. The second-order valence-corrected chi connectivity index (χ2v) is 8.65. The molecular weight excluding hydrogens is 406 g/mol. The first-order chi connectivity index (χ1) is 15.3. The molecule has 2 aromatic heterocycles. The number of fused-ring (bicyclic) bond motifs is 2. The van der Waals surface area contributed by atoms with Gasteiger partial charge in [-0.05, 0) is 56.3 Å². The number of primary amides is 1. The quantitative estimate of drug-likeness (QED) is 0.518. The molecule has 1 saturated heterocycles. The summed E-state index contributed by atoms with van der Waals surface area (Å²) in [6.45, 7) is 4.82. The summed E-state index contributed by atoms with van der Waals surface area (Å²) >= 11 is 0. The fourth-order valence-electron chi connectivity index (χ4n) is 4.57. The molecular formula is C24H25N5O3. The third-order valence-corrected chi connectivity index (χ3v) is 6.29. The van der Waals surface area contributed by atoms with Crippen molar-refractivity contribution in [3.63, 3.8) is 0 Å². The molecule has 1 aliphatic rings. The van der Waals surface area contributed by atoms with E-state index in [1.807, 2.05) is 41.1 Å². The fourth-order valence-corrected chi connectivity index (χ4v) is 4.57. The summed E-state index contributed by atoms with van der Waals surface area (Å²) in [5.41, 5.74) is 9.03. The topological polar surface area (TPSA) is 106 Å². The number of amides is 2. The van der Waals surface area contributed by atoms with E-state index in [4.69, 9.17) is 5.73 Å². The van der Waals surface area contributed by atoms with Crippen molar-refractivity contribution >= 4 is 33.8 Å². The summed E-state index contributed by atoms with van der Waals surface area (Å²) in [7, 11) is 0. The van der Waals surface area contributed by atoms with Gasteiger partial charge in [-0.3, -0.25) is 9.59 Å². The Morgan fingerprint density at radius 1 is 1.06 bits per heavy atom. The Hall–Kier alpha value is -3.65. The van der Waals surface area contributed by atoms with Gasteiger partial charge in [-0.1, -0.05) is 0 Å². The molecule has 0 aliphatic carbocycles. The molecule has 32 heavy (non-hydrogen) atoms. The summed E-state index contributed by atoms with van der Waals surface area (Å²) in [5, 5.41) is 11.6. The number of imidazole rings is 1. The zero-order chi connectivity index (χ0) is 22.6. The lowest BCUT2D eigenvalue weighted by Gasteiger charge is -2.18. The smallest absolute Gasteiger partial charge is 0.254 e. The lowest BCUT2D eigenvalue weighted by Crippen LogP contribution is -2.29. The molecule has 164 valence electrons. The number of aliphatic hydroxyl groups is 1. The second kappa shape index (κ2) is 7.49. The average Bonchev–Trinajstić information content (AvgIpc) is 3.48. The maximum absolute atomic E-state index is 13.2. The van der Waals surface area contributed by atoms with Crippen LogP contribution in [0.15, 0.2) is 55.0 Å². The summed E-state index contributed by atoms with van der Waals surface area (Å²) in [4.78, 5) is 30.8. The normalized spacial score (nSPS) is 18.8. The van der Waals surface area contributed by atoms with Crippen LogP contribution in [-0.2, 0) is 0 Å². The number of nitrogens with zero attached hydrogens (tertiary/aromatic N) is 4. The number of likely N-dealkylation sites (tertiary alicyclic amines) is 1. The van der Waals surface area contributed by atoms with Crippen LogP contribution in [0.3, 0.4) is 0 Å². The lowest BCUT2D eigenvalue weighted by atomic mass is 10.1. The molecule has 3 heterocycles. The van der Waals surface area contributed by atoms with Crippen molar-refractivity contribution in [2.45, 2.75) is 32.0 Å². The van der Waals surface area contributed by atoms with Gasteiger partial charge in [0, 0.05) is 47.4 Å². The van der Waals surface area contributed by atoms with E-state index in [1.54, 1.807) is 23.4 Å². The predicted molar refractivity (Wildman–Crippen MR) is 122 cm³/mol. The highest BCUT2D eigenvalue weighted by Crippen LogP contribution is 2.29.